The van der Waals surface area contributed by atoms with Crippen LogP contribution in [0.15, 0.2) is 55.4 Å². The summed E-state index contributed by atoms with van der Waals surface area (Å²) >= 11 is 1.47. The molecule has 0 saturated carbocycles. The predicted octanol–water partition coefficient (Wildman–Crippen LogP) is 3.74. The molecular weight excluding hydrogens is 417 g/mol. The number of imidazole rings is 1. The molecule has 0 atom stereocenters. The Kier molecular flexibility index (Phi) is 5.72. The first-order chi connectivity index (χ1) is 14.9. The van der Waals surface area contributed by atoms with Crippen molar-refractivity contribution in [3.05, 3.63) is 77.5 Å². The Morgan fingerprint density at radius 1 is 1.16 bits per heavy atom. The summed E-state index contributed by atoms with van der Waals surface area (Å²) in [4.78, 5) is 32.5. The Balaban J connectivity index is 1.40. The molecule has 3 N–H and O–H groups in total. The topological polar surface area (TPSA) is 108 Å². The third-order valence-corrected chi connectivity index (χ3v) is 5.57. The number of carbonyl (C=O) groups excluding carboxylic acids is 1. The minimum absolute atomic E-state index is 0.225. The Morgan fingerprint density at radius 2 is 2.03 bits per heavy atom. The molecule has 4 aromatic rings. The zero-order valence-electron chi connectivity index (χ0n) is 16.9. The van der Waals surface area contributed by atoms with Crippen molar-refractivity contribution in [3.8, 4) is 10.6 Å². The number of carbonyl (C=O) groups is 1. The molecule has 31 heavy (non-hydrogen) atoms. The molecule has 0 spiro atoms. The average molecular weight is 438 g/mol. The molecule has 0 aliphatic rings. The Labute approximate surface area is 182 Å². The molecule has 8 nitrogen and oxygen atoms in total. The maximum absolute atomic E-state index is 14.1. The van der Waals surface area contributed by atoms with Crippen molar-refractivity contribution >= 4 is 23.1 Å². The molecule has 158 valence electrons. The third-order valence-electron chi connectivity index (χ3n) is 4.52. The highest BCUT2D eigenvalue weighted by atomic mass is 32.1. The lowest BCUT2D eigenvalue weighted by atomic mass is 9.99. The number of anilines is 1. The smallest absolute Gasteiger partial charge is 0.269 e. The number of rotatable bonds is 7. The molecule has 0 aromatic carbocycles. The number of H-pyrrole nitrogens is 1. The van der Waals surface area contributed by atoms with Gasteiger partial charge in [-0.1, -0.05) is 0 Å². The van der Waals surface area contributed by atoms with E-state index in [9.17, 15) is 9.18 Å². The van der Waals surface area contributed by atoms with Crippen molar-refractivity contribution in [2.75, 3.05) is 5.32 Å². The fraction of sp³-hybridized carbons (Fsp3) is 0.190. The number of halogens is 1. The summed E-state index contributed by atoms with van der Waals surface area (Å²) < 4.78 is 14.1. The highest BCUT2D eigenvalue weighted by Crippen LogP contribution is 2.28. The van der Waals surface area contributed by atoms with Crippen molar-refractivity contribution in [3.63, 3.8) is 0 Å². The second-order valence-corrected chi connectivity index (χ2v) is 8.41. The maximum Gasteiger partial charge on any atom is 0.269 e. The first-order valence-electron chi connectivity index (χ1n) is 9.49. The lowest BCUT2D eigenvalue weighted by molar-refractivity contribution is 0.0947. The number of thiazole rings is 1. The van der Waals surface area contributed by atoms with Crippen molar-refractivity contribution in [1.82, 2.24) is 30.2 Å². The molecule has 4 rings (SSSR count). The molecule has 0 unspecified atom stereocenters. The summed E-state index contributed by atoms with van der Waals surface area (Å²) in [7, 11) is 0. The first-order valence-corrected chi connectivity index (χ1v) is 10.3. The molecule has 4 heterocycles. The molecule has 0 aliphatic carbocycles. The second kappa shape index (κ2) is 8.60. The number of aromatic amines is 1. The predicted molar refractivity (Wildman–Crippen MR) is 116 cm³/mol. The van der Waals surface area contributed by atoms with Gasteiger partial charge in [-0.2, -0.15) is 0 Å². The SMILES string of the molecule is CC(C)(Nc1ccc(-c2ncc(CNC(=O)c3cnc[nH]3)s2)cn1)c1ncccc1F. The highest BCUT2D eigenvalue weighted by molar-refractivity contribution is 7.15. The minimum Gasteiger partial charge on any atom is -0.359 e. The number of hydrogen-bond acceptors (Lipinski definition) is 7. The van der Waals surface area contributed by atoms with Crippen LogP contribution in [0.3, 0.4) is 0 Å². The van der Waals surface area contributed by atoms with Crippen LogP contribution in [0, 0.1) is 5.82 Å². The van der Waals surface area contributed by atoms with E-state index in [2.05, 4.69) is 35.6 Å². The number of aromatic nitrogens is 5. The number of hydrogen-bond donors (Lipinski definition) is 3. The van der Waals surface area contributed by atoms with Crippen molar-refractivity contribution in [2.45, 2.75) is 25.9 Å². The van der Waals surface area contributed by atoms with Crippen LogP contribution >= 0.6 is 11.3 Å². The van der Waals surface area contributed by atoms with Crippen LogP contribution in [-0.4, -0.2) is 30.8 Å². The van der Waals surface area contributed by atoms with Gasteiger partial charge in [0.1, 0.15) is 28.0 Å². The number of nitrogens with zero attached hydrogens (tertiary/aromatic N) is 4. The van der Waals surface area contributed by atoms with E-state index < -0.39 is 5.54 Å². The summed E-state index contributed by atoms with van der Waals surface area (Å²) in [6, 6.07) is 6.66. The normalized spacial score (nSPS) is 11.3. The molecule has 0 fully saturated rings. The van der Waals surface area contributed by atoms with Gasteiger partial charge in [0.25, 0.3) is 5.91 Å². The van der Waals surface area contributed by atoms with E-state index in [1.165, 1.54) is 29.9 Å². The van der Waals surface area contributed by atoms with Gasteiger partial charge >= 0.3 is 0 Å². The van der Waals surface area contributed by atoms with Crippen LogP contribution in [0.1, 0.15) is 34.9 Å². The van der Waals surface area contributed by atoms with Gasteiger partial charge in [0.05, 0.1) is 24.6 Å². The Morgan fingerprint density at radius 3 is 2.74 bits per heavy atom. The summed E-state index contributed by atoms with van der Waals surface area (Å²) in [5.41, 5.74) is 0.845. The number of nitrogens with one attached hydrogen (secondary N) is 3. The zero-order chi connectivity index (χ0) is 21.8. The lowest BCUT2D eigenvalue weighted by Crippen LogP contribution is -2.30. The van der Waals surface area contributed by atoms with E-state index in [0.29, 0.717) is 23.8 Å². The van der Waals surface area contributed by atoms with Crippen LogP contribution in [0.2, 0.25) is 0 Å². The van der Waals surface area contributed by atoms with E-state index >= 15 is 0 Å². The van der Waals surface area contributed by atoms with E-state index in [1.54, 1.807) is 24.7 Å². The minimum atomic E-state index is -0.735. The zero-order valence-corrected chi connectivity index (χ0v) is 17.7. The van der Waals surface area contributed by atoms with Gasteiger partial charge in [-0.25, -0.2) is 19.3 Å². The summed E-state index contributed by atoms with van der Waals surface area (Å²) in [6.07, 6.45) is 7.93. The first kappa shape index (κ1) is 20.6. The fourth-order valence-corrected chi connectivity index (χ4v) is 3.83. The second-order valence-electron chi connectivity index (χ2n) is 7.30. The van der Waals surface area contributed by atoms with Crippen molar-refractivity contribution < 1.29 is 9.18 Å². The monoisotopic (exact) mass is 437 g/mol. The van der Waals surface area contributed by atoms with Crippen LogP contribution in [-0.2, 0) is 12.1 Å². The van der Waals surface area contributed by atoms with E-state index in [1.807, 2.05) is 26.0 Å². The number of pyridine rings is 2. The molecule has 0 bridgehead atoms. The number of amides is 1. The van der Waals surface area contributed by atoms with E-state index in [-0.39, 0.29) is 11.7 Å². The Bertz CT molecular complexity index is 1170. The molecule has 0 saturated heterocycles. The Hall–Kier alpha value is -3.66. The van der Waals surface area contributed by atoms with Crippen LogP contribution < -0.4 is 10.6 Å². The van der Waals surface area contributed by atoms with Gasteiger partial charge in [0, 0.05) is 29.0 Å². The largest absolute Gasteiger partial charge is 0.359 e. The summed E-state index contributed by atoms with van der Waals surface area (Å²) in [6.45, 7) is 4.06. The van der Waals surface area contributed by atoms with Crippen LogP contribution in [0.25, 0.3) is 10.6 Å². The molecule has 4 aromatic heterocycles. The molecular formula is C21H20FN7OS. The van der Waals surface area contributed by atoms with E-state index in [4.69, 9.17) is 0 Å². The maximum atomic E-state index is 14.1. The molecule has 0 aliphatic heterocycles. The highest BCUT2D eigenvalue weighted by Gasteiger charge is 2.25. The van der Waals surface area contributed by atoms with Gasteiger partial charge in [-0.05, 0) is 38.1 Å². The van der Waals surface area contributed by atoms with Gasteiger partial charge in [-0.3, -0.25) is 9.78 Å². The van der Waals surface area contributed by atoms with Gasteiger partial charge in [-0.15, -0.1) is 11.3 Å². The van der Waals surface area contributed by atoms with E-state index in [0.717, 1.165) is 15.4 Å². The summed E-state index contributed by atoms with van der Waals surface area (Å²) in [5, 5.41) is 6.83. The molecule has 0 radical (unpaired) electrons. The van der Waals surface area contributed by atoms with Crippen LogP contribution in [0.5, 0.6) is 0 Å². The van der Waals surface area contributed by atoms with Crippen molar-refractivity contribution in [2.24, 2.45) is 0 Å². The van der Waals surface area contributed by atoms with Crippen molar-refractivity contribution in [1.29, 1.82) is 0 Å². The van der Waals surface area contributed by atoms with Gasteiger partial charge in [0.15, 0.2) is 0 Å². The lowest BCUT2D eigenvalue weighted by Gasteiger charge is -2.26. The van der Waals surface area contributed by atoms with Crippen LogP contribution in [0.4, 0.5) is 10.2 Å². The van der Waals surface area contributed by atoms with Gasteiger partial charge in [0.2, 0.25) is 0 Å². The fourth-order valence-electron chi connectivity index (χ4n) is 2.98. The van der Waals surface area contributed by atoms with Gasteiger partial charge < -0.3 is 15.6 Å². The molecule has 1 amide bonds. The quantitative estimate of drug-likeness (QED) is 0.406. The summed E-state index contributed by atoms with van der Waals surface area (Å²) in [5.74, 6) is 0.00506. The third kappa shape index (κ3) is 4.75. The standard InChI is InChI=1S/C21H20FN7OS/c1-21(2,18-15(22)4-3-7-24-18)29-17-6-5-13(8-25-17)20-27-10-14(31-20)9-26-19(30)16-11-23-12-28-16/h3-8,10-12H,9H2,1-2H3,(H,23,28)(H,25,29)(H,26,30). The average Bonchev–Trinajstić information content (AvgIpc) is 3.45. The molecule has 10 heteroatoms.